The molecule has 0 aromatic rings. The third-order valence-electron chi connectivity index (χ3n) is 1.08. The van der Waals surface area contributed by atoms with Gasteiger partial charge in [0.2, 0.25) is 0 Å². The van der Waals surface area contributed by atoms with Gasteiger partial charge in [0, 0.05) is 17.6 Å². The summed E-state index contributed by atoms with van der Waals surface area (Å²) < 4.78 is 4.92. The summed E-state index contributed by atoms with van der Waals surface area (Å²) in [5.74, 6) is 1.19. The van der Waals surface area contributed by atoms with Gasteiger partial charge in [0.15, 0.2) is 0 Å². The van der Waals surface area contributed by atoms with Gasteiger partial charge in [-0.25, -0.2) is 4.79 Å². The Morgan fingerprint density at radius 1 is 1.36 bits per heavy atom. The number of rotatable bonds is 7. The van der Waals surface area contributed by atoms with E-state index in [2.05, 4.69) is 0 Å². The summed E-state index contributed by atoms with van der Waals surface area (Å²) in [6.07, 6.45) is 1.48. The first kappa shape index (κ1) is 13.9. The van der Waals surface area contributed by atoms with Crippen LogP contribution in [0, 0.1) is 0 Å². The first-order valence-corrected chi connectivity index (χ1v) is 6.82. The van der Waals surface area contributed by atoms with Crippen molar-refractivity contribution in [3.8, 4) is 0 Å². The maximum absolute atomic E-state index is 11.0. The van der Waals surface area contributed by atoms with Crippen molar-refractivity contribution in [1.82, 2.24) is 0 Å². The molecule has 0 rings (SSSR count). The van der Waals surface area contributed by atoms with Crippen LogP contribution in [0.4, 0.5) is 0 Å². The summed E-state index contributed by atoms with van der Waals surface area (Å²) in [5.41, 5.74) is 0.942. The van der Waals surface area contributed by atoms with Crippen molar-refractivity contribution in [3.63, 3.8) is 0 Å². The van der Waals surface area contributed by atoms with Gasteiger partial charge >= 0.3 is 5.97 Å². The Hall–Kier alpha value is -0.130. The van der Waals surface area contributed by atoms with Crippen LogP contribution in [0.25, 0.3) is 0 Å². The van der Waals surface area contributed by atoms with Crippen LogP contribution >= 0.6 is 21.6 Å². The molecule has 5 heteroatoms. The molecule has 0 spiro atoms. The molecule has 14 heavy (non-hydrogen) atoms. The van der Waals surface area contributed by atoms with Crippen LogP contribution in [0.5, 0.6) is 0 Å². The van der Waals surface area contributed by atoms with Gasteiger partial charge in [-0.05, 0) is 13.8 Å². The molecule has 0 aromatic heterocycles. The third kappa shape index (κ3) is 9.95. The molecule has 0 saturated carbocycles. The largest absolute Gasteiger partial charge is 0.462 e. The summed E-state index contributed by atoms with van der Waals surface area (Å²) in [7, 11) is 3.18. The fourth-order valence-corrected chi connectivity index (χ4v) is 2.21. The maximum Gasteiger partial charge on any atom is 0.330 e. The van der Waals surface area contributed by atoms with E-state index in [0.29, 0.717) is 12.4 Å². The van der Waals surface area contributed by atoms with Crippen molar-refractivity contribution in [2.24, 2.45) is 0 Å². The topological polar surface area (TPSA) is 46.5 Å². The van der Waals surface area contributed by atoms with E-state index >= 15 is 0 Å². The number of carbonyl (C=O) groups is 1. The zero-order valence-corrected chi connectivity index (χ0v) is 10.1. The second-order valence-electron chi connectivity index (χ2n) is 2.76. The van der Waals surface area contributed by atoms with Crippen molar-refractivity contribution in [3.05, 3.63) is 11.6 Å². The van der Waals surface area contributed by atoms with E-state index in [1.807, 2.05) is 13.8 Å². The Kier molecular flexibility index (Phi) is 9.34. The van der Waals surface area contributed by atoms with E-state index in [1.54, 1.807) is 21.6 Å². The summed E-state index contributed by atoms with van der Waals surface area (Å²) in [4.78, 5) is 11.0. The molecule has 0 heterocycles. The van der Waals surface area contributed by atoms with E-state index in [1.165, 1.54) is 6.08 Å². The van der Waals surface area contributed by atoms with Crippen LogP contribution in [0.1, 0.15) is 13.8 Å². The molecule has 0 aromatic carbocycles. The number of ether oxygens (including phenoxy) is 1. The van der Waals surface area contributed by atoms with Gasteiger partial charge in [-0.1, -0.05) is 27.2 Å². The average molecular weight is 236 g/mol. The lowest BCUT2D eigenvalue weighted by Gasteiger charge is -2.01. The second kappa shape index (κ2) is 9.43. The van der Waals surface area contributed by atoms with Gasteiger partial charge in [-0.2, -0.15) is 0 Å². The SMILES string of the molecule is CC(C)=CC(=O)OCCSSCCO. The highest BCUT2D eigenvalue weighted by Crippen LogP contribution is 2.19. The zero-order valence-electron chi connectivity index (χ0n) is 8.49. The van der Waals surface area contributed by atoms with Gasteiger partial charge in [-0.15, -0.1) is 0 Å². The van der Waals surface area contributed by atoms with Crippen molar-refractivity contribution in [2.45, 2.75) is 13.8 Å². The Balaban J connectivity index is 3.28. The van der Waals surface area contributed by atoms with Crippen molar-refractivity contribution in [2.75, 3.05) is 24.7 Å². The highest BCUT2D eigenvalue weighted by molar-refractivity contribution is 8.76. The Morgan fingerprint density at radius 2 is 2.00 bits per heavy atom. The second-order valence-corrected chi connectivity index (χ2v) is 5.46. The Bertz CT molecular complexity index is 188. The van der Waals surface area contributed by atoms with Gasteiger partial charge in [0.1, 0.15) is 6.61 Å². The standard InChI is InChI=1S/C9H16O3S2/c1-8(2)7-9(11)12-4-6-14-13-5-3-10/h7,10H,3-6H2,1-2H3. The van der Waals surface area contributed by atoms with Gasteiger partial charge in [0.25, 0.3) is 0 Å². The quantitative estimate of drug-likeness (QED) is 0.316. The Morgan fingerprint density at radius 3 is 2.57 bits per heavy atom. The molecule has 0 fully saturated rings. The summed E-state index contributed by atoms with van der Waals surface area (Å²) in [6.45, 7) is 4.32. The number of carbonyl (C=O) groups excluding carboxylic acids is 1. The van der Waals surface area contributed by atoms with Crippen LogP contribution in [0.15, 0.2) is 11.6 Å². The first-order chi connectivity index (χ1) is 6.66. The number of hydrogen-bond donors (Lipinski definition) is 1. The number of hydrogen-bond acceptors (Lipinski definition) is 5. The molecule has 82 valence electrons. The summed E-state index contributed by atoms with van der Waals surface area (Å²) in [5, 5.41) is 8.48. The van der Waals surface area contributed by atoms with Crippen molar-refractivity contribution < 1.29 is 14.6 Å². The van der Waals surface area contributed by atoms with Crippen LogP contribution in [0.3, 0.4) is 0 Å². The predicted octanol–water partition coefficient (Wildman–Crippen LogP) is 1.87. The van der Waals surface area contributed by atoms with Crippen LogP contribution in [0.2, 0.25) is 0 Å². The van der Waals surface area contributed by atoms with E-state index in [-0.39, 0.29) is 12.6 Å². The Labute approximate surface area is 92.7 Å². The van der Waals surface area contributed by atoms with E-state index in [0.717, 1.165) is 11.3 Å². The van der Waals surface area contributed by atoms with E-state index in [4.69, 9.17) is 9.84 Å². The number of allylic oxidation sites excluding steroid dienone is 1. The van der Waals surface area contributed by atoms with Crippen LogP contribution < -0.4 is 0 Å². The molecule has 0 aliphatic carbocycles. The van der Waals surface area contributed by atoms with Crippen LogP contribution in [-0.2, 0) is 9.53 Å². The lowest BCUT2D eigenvalue weighted by molar-refractivity contribution is -0.137. The van der Waals surface area contributed by atoms with Crippen molar-refractivity contribution in [1.29, 1.82) is 0 Å². The monoisotopic (exact) mass is 236 g/mol. The van der Waals surface area contributed by atoms with Crippen molar-refractivity contribution >= 4 is 27.6 Å². The van der Waals surface area contributed by atoms with E-state index < -0.39 is 0 Å². The predicted molar refractivity (Wildman–Crippen MR) is 62.4 cm³/mol. The normalized spacial score (nSPS) is 9.64. The molecule has 1 N–H and O–H groups in total. The van der Waals surface area contributed by atoms with Gasteiger partial charge in [-0.3, -0.25) is 0 Å². The minimum Gasteiger partial charge on any atom is -0.462 e. The molecule has 0 amide bonds. The fourth-order valence-electron chi connectivity index (χ4n) is 0.609. The van der Waals surface area contributed by atoms with Gasteiger partial charge in [0.05, 0.1) is 6.61 Å². The molecule has 0 aliphatic heterocycles. The highest BCUT2D eigenvalue weighted by atomic mass is 33.1. The fraction of sp³-hybridized carbons (Fsp3) is 0.667. The minimum atomic E-state index is -0.280. The number of aliphatic hydroxyl groups excluding tert-OH is 1. The molecule has 0 radical (unpaired) electrons. The molecule has 0 unspecified atom stereocenters. The molecule has 0 atom stereocenters. The smallest absolute Gasteiger partial charge is 0.330 e. The summed E-state index contributed by atoms with van der Waals surface area (Å²) >= 11 is 0. The lowest BCUT2D eigenvalue weighted by atomic mass is 10.3. The molecule has 0 aliphatic rings. The first-order valence-electron chi connectivity index (χ1n) is 4.33. The van der Waals surface area contributed by atoms with E-state index in [9.17, 15) is 4.79 Å². The molecule has 0 bridgehead atoms. The highest BCUT2D eigenvalue weighted by Gasteiger charge is 1.97. The molecular weight excluding hydrogens is 220 g/mol. The third-order valence-corrected chi connectivity index (χ3v) is 3.42. The number of aliphatic hydroxyl groups is 1. The molecule has 3 nitrogen and oxygen atoms in total. The van der Waals surface area contributed by atoms with Crippen LogP contribution in [-0.4, -0.2) is 35.8 Å². The minimum absolute atomic E-state index is 0.190. The maximum atomic E-state index is 11.0. The van der Waals surface area contributed by atoms with Gasteiger partial charge < -0.3 is 9.84 Å². The molecule has 0 saturated heterocycles. The average Bonchev–Trinajstić information content (AvgIpc) is 2.10. The lowest BCUT2D eigenvalue weighted by Crippen LogP contribution is -2.04. The molecular formula is C9H16O3S2. The zero-order chi connectivity index (χ0) is 10.8. The summed E-state index contributed by atoms with van der Waals surface area (Å²) in [6, 6.07) is 0. The number of esters is 1.